The number of hydrogen-bond donors (Lipinski definition) is 3. The van der Waals surface area contributed by atoms with E-state index in [2.05, 4.69) is 20.6 Å². The lowest BCUT2D eigenvalue weighted by Gasteiger charge is -2.17. The topological polar surface area (TPSA) is 92.4 Å². The summed E-state index contributed by atoms with van der Waals surface area (Å²) in [6.07, 6.45) is 2.96. The van der Waals surface area contributed by atoms with Gasteiger partial charge < -0.3 is 16.4 Å². The summed E-state index contributed by atoms with van der Waals surface area (Å²) in [7, 11) is 1.66. The van der Waals surface area contributed by atoms with Gasteiger partial charge in [0.15, 0.2) is 5.96 Å². The summed E-state index contributed by atoms with van der Waals surface area (Å²) in [5.41, 5.74) is 7.34. The predicted octanol–water partition coefficient (Wildman–Crippen LogP) is 1.89. The number of nitrogens with two attached hydrogens (primary N) is 1. The Morgan fingerprint density at radius 1 is 1.22 bits per heavy atom. The summed E-state index contributed by atoms with van der Waals surface area (Å²) in [4.78, 5) is 20.1. The second-order valence-corrected chi connectivity index (χ2v) is 5.88. The minimum atomic E-state index is -0.421. The quantitative estimate of drug-likeness (QED) is 0.303. The van der Waals surface area contributed by atoms with Crippen LogP contribution in [0.1, 0.15) is 11.3 Å². The van der Waals surface area contributed by atoms with Crippen molar-refractivity contribution in [2.24, 2.45) is 16.6 Å². The van der Waals surface area contributed by atoms with Crippen molar-refractivity contribution in [1.82, 2.24) is 15.6 Å². The molecule has 0 spiro atoms. The third-order valence-electron chi connectivity index (χ3n) is 3.94. The molecule has 0 aliphatic carbocycles. The van der Waals surface area contributed by atoms with Gasteiger partial charge in [0.1, 0.15) is 5.82 Å². The molecule has 6 nitrogen and oxygen atoms in total. The zero-order valence-electron chi connectivity index (χ0n) is 15.2. The van der Waals surface area contributed by atoms with Gasteiger partial charge in [-0.05, 0) is 36.2 Å². The molecule has 27 heavy (non-hydrogen) atoms. The second kappa shape index (κ2) is 12.2. The fourth-order valence-corrected chi connectivity index (χ4v) is 2.47. The van der Waals surface area contributed by atoms with Gasteiger partial charge in [-0.3, -0.25) is 14.8 Å². The van der Waals surface area contributed by atoms with Crippen molar-refractivity contribution in [2.75, 3.05) is 20.1 Å². The highest BCUT2D eigenvalue weighted by Gasteiger charge is 2.16. The Bertz CT molecular complexity index is 725. The van der Waals surface area contributed by atoms with E-state index >= 15 is 0 Å². The average Bonchev–Trinajstić information content (AvgIpc) is 2.65. The molecule has 1 heterocycles. The summed E-state index contributed by atoms with van der Waals surface area (Å²) in [6, 6.07) is 11.8. The van der Waals surface area contributed by atoms with E-state index in [0.717, 1.165) is 17.7 Å². The van der Waals surface area contributed by atoms with Gasteiger partial charge in [0.25, 0.3) is 0 Å². The Morgan fingerprint density at radius 2 is 1.96 bits per heavy atom. The molecule has 1 amide bonds. The molecule has 2 aromatic rings. The SMILES string of the molecule is CN=C(NCCc1ccccn1)NCC(Cc1ccc(F)cc1)C(N)=O.I. The van der Waals surface area contributed by atoms with Crippen LogP contribution in [-0.4, -0.2) is 37.0 Å². The molecule has 1 unspecified atom stereocenters. The Labute approximate surface area is 175 Å². The van der Waals surface area contributed by atoms with Gasteiger partial charge in [-0.2, -0.15) is 0 Å². The monoisotopic (exact) mass is 485 g/mol. The van der Waals surface area contributed by atoms with Crippen LogP contribution in [0.3, 0.4) is 0 Å². The first-order chi connectivity index (χ1) is 12.6. The number of amides is 1. The van der Waals surface area contributed by atoms with Crippen molar-refractivity contribution in [2.45, 2.75) is 12.8 Å². The molecule has 8 heteroatoms. The molecule has 0 bridgehead atoms. The van der Waals surface area contributed by atoms with E-state index in [0.29, 0.717) is 25.5 Å². The third-order valence-corrected chi connectivity index (χ3v) is 3.94. The number of hydrogen-bond acceptors (Lipinski definition) is 3. The van der Waals surface area contributed by atoms with E-state index in [4.69, 9.17) is 5.73 Å². The number of carbonyl (C=O) groups excluding carboxylic acids is 1. The van der Waals surface area contributed by atoms with E-state index < -0.39 is 11.8 Å². The molecular formula is C19H25FIN5O. The van der Waals surface area contributed by atoms with Crippen molar-refractivity contribution >= 4 is 35.8 Å². The lowest BCUT2D eigenvalue weighted by molar-refractivity contribution is -0.121. The molecule has 1 atom stereocenters. The summed E-state index contributed by atoms with van der Waals surface area (Å²) >= 11 is 0. The molecule has 0 aliphatic heterocycles. The van der Waals surface area contributed by atoms with Crippen LogP contribution in [-0.2, 0) is 17.6 Å². The van der Waals surface area contributed by atoms with Crippen LogP contribution < -0.4 is 16.4 Å². The molecule has 146 valence electrons. The first-order valence-corrected chi connectivity index (χ1v) is 8.46. The predicted molar refractivity (Wildman–Crippen MR) is 116 cm³/mol. The summed E-state index contributed by atoms with van der Waals surface area (Å²) in [5, 5.41) is 6.29. The number of pyridine rings is 1. The maximum atomic E-state index is 13.0. The molecule has 0 saturated heterocycles. The van der Waals surface area contributed by atoms with Gasteiger partial charge in [-0.25, -0.2) is 4.39 Å². The molecule has 4 N–H and O–H groups in total. The van der Waals surface area contributed by atoms with Crippen LogP contribution >= 0.6 is 24.0 Å². The second-order valence-electron chi connectivity index (χ2n) is 5.88. The first-order valence-electron chi connectivity index (χ1n) is 8.46. The Balaban J connectivity index is 0.00000364. The minimum Gasteiger partial charge on any atom is -0.369 e. The third kappa shape index (κ3) is 8.33. The summed E-state index contributed by atoms with van der Waals surface area (Å²) in [6.45, 7) is 1.01. The van der Waals surface area contributed by atoms with Gasteiger partial charge >= 0.3 is 0 Å². The highest BCUT2D eigenvalue weighted by Crippen LogP contribution is 2.09. The zero-order chi connectivity index (χ0) is 18.8. The van der Waals surface area contributed by atoms with E-state index in [-0.39, 0.29) is 29.8 Å². The number of rotatable bonds is 8. The molecule has 0 aliphatic rings. The zero-order valence-corrected chi connectivity index (χ0v) is 17.5. The number of guanidine groups is 1. The lowest BCUT2D eigenvalue weighted by Crippen LogP contribution is -2.43. The Morgan fingerprint density at radius 3 is 2.56 bits per heavy atom. The molecule has 0 saturated carbocycles. The maximum Gasteiger partial charge on any atom is 0.222 e. The number of carbonyl (C=O) groups is 1. The van der Waals surface area contributed by atoms with Gasteiger partial charge in [-0.1, -0.05) is 18.2 Å². The fourth-order valence-electron chi connectivity index (χ4n) is 2.47. The average molecular weight is 485 g/mol. The smallest absolute Gasteiger partial charge is 0.222 e. The van der Waals surface area contributed by atoms with Gasteiger partial charge in [0.05, 0.1) is 5.92 Å². The van der Waals surface area contributed by atoms with E-state index in [1.807, 2.05) is 18.2 Å². The molecular weight excluding hydrogens is 460 g/mol. The fraction of sp³-hybridized carbons (Fsp3) is 0.316. The van der Waals surface area contributed by atoms with E-state index in [1.165, 1.54) is 12.1 Å². The lowest BCUT2D eigenvalue weighted by atomic mass is 9.98. The van der Waals surface area contributed by atoms with Crippen molar-refractivity contribution in [1.29, 1.82) is 0 Å². The van der Waals surface area contributed by atoms with Crippen LogP contribution in [0.2, 0.25) is 0 Å². The number of aliphatic imine (C=N–C) groups is 1. The van der Waals surface area contributed by atoms with Crippen LogP contribution in [0.15, 0.2) is 53.7 Å². The summed E-state index contributed by atoms with van der Waals surface area (Å²) in [5.74, 6) is -0.549. The number of benzene rings is 1. The van der Waals surface area contributed by atoms with Crippen LogP contribution in [0, 0.1) is 11.7 Å². The van der Waals surface area contributed by atoms with Crippen molar-refractivity contribution in [3.8, 4) is 0 Å². The van der Waals surface area contributed by atoms with E-state index in [9.17, 15) is 9.18 Å². The molecule has 1 aromatic carbocycles. The molecule has 2 rings (SSSR count). The highest BCUT2D eigenvalue weighted by atomic mass is 127. The molecule has 0 fully saturated rings. The summed E-state index contributed by atoms with van der Waals surface area (Å²) < 4.78 is 13.0. The number of nitrogens with one attached hydrogen (secondary N) is 2. The van der Waals surface area contributed by atoms with Gasteiger partial charge in [0.2, 0.25) is 5.91 Å². The number of nitrogens with zero attached hydrogens (tertiary/aromatic N) is 2. The number of aromatic nitrogens is 1. The number of primary amides is 1. The largest absolute Gasteiger partial charge is 0.369 e. The highest BCUT2D eigenvalue weighted by molar-refractivity contribution is 14.0. The van der Waals surface area contributed by atoms with Crippen molar-refractivity contribution in [3.05, 3.63) is 65.7 Å². The van der Waals surface area contributed by atoms with Crippen LogP contribution in [0.5, 0.6) is 0 Å². The van der Waals surface area contributed by atoms with E-state index in [1.54, 1.807) is 25.4 Å². The van der Waals surface area contributed by atoms with Crippen LogP contribution in [0.25, 0.3) is 0 Å². The minimum absolute atomic E-state index is 0. The Kier molecular flexibility index (Phi) is 10.3. The van der Waals surface area contributed by atoms with Crippen LogP contribution in [0.4, 0.5) is 4.39 Å². The van der Waals surface area contributed by atoms with Gasteiger partial charge in [0, 0.05) is 38.4 Å². The van der Waals surface area contributed by atoms with Gasteiger partial charge in [-0.15, -0.1) is 24.0 Å². The molecule has 1 aromatic heterocycles. The normalized spacial score (nSPS) is 12.0. The van der Waals surface area contributed by atoms with Crippen molar-refractivity contribution < 1.29 is 9.18 Å². The Hall–Kier alpha value is -2.23. The molecule has 0 radical (unpaired) electrons. The first kappa shape index (κ1) is 22.8. The maximum absolute atomic E-state index is 13.0. The van der Waals surface area contributed by atoms with Crippen molar-refractivity contribution in [3.63, 3.8) is 0 Å². The number of halogens is 2. The standard InChI is InChI=1S/C19H24FN5O.HI/c1-22-19(24-11-9-17-4-2-3-10-23-17)25-13-15(18(21)26)12-14-5-7-16(20)8-6-14;/h2-8,10,15H,9,11-13H2,1H3,(H2,21,26)(H2,22,24,25);1H.